The summed E-state index contributed by atoms with van der Waals surface area (Å²) in [7, 11) is 1.51. The summed E-state index contributed by atoms with van der Waals surface area (Å²) in [6.45, 7) is 3.97. The second kappa shape index (κ2) is 12.9. The molecule has 1 aromatic carbocycles. The van der Waals surface area contributed by atoms with E-state index in [1.54, 1.807) is 6.33 Å². The first-order valence-electron chi connectivity index (χ1n) is 14.6. The Morgan fingerprint density at radius 2 is 2.05 bits per heavy atom. The van der Waals surface area contributed by atoms with Gasteiger partial charge in [0, 0.05) is 36.1 Å². The SMILES string of the molecule is COc1c(C)c2c(c(O)c1C/C=C(\C)CCC(=O)O)C(=O)OC2.Nc1nc(NC2CC2)c2ncn([C@H]3C=C[C@@H](CO)C3)c2n1. The number of ether oxygens (including phenoxy) is 2. The summed E-state index contributed by atoms with van der Waals surface area (Å²) in [6, 6.07) is 0.646. The minimum Gasteiger partial charge on any atom is -0.507 e. The van der Waals surface area contributed by atoms with Crippen LogP contribution in [-0.4, -0.2) is 66.5 Å². The van der Waals surface area contributed by atoms with Crippen LogP contribution in [0.1, 0.15) is 72.1 Å². The number of imidazole rings is 1. The number of nitrogens with two attached hydrogens (primary N) is 1. The molecule has 2 atom stereocenters. The van der Waals surface area contributed by atoms with Gasteiger partial charge in [0.2, 0.25) is 5.95 Å². The van der Waals surface area contributed by atoms with Crippen LogP contribution in [0.4, 0.5) is 11.8 Å². The number of aromatic hydroxyl groups is 1. The Kier molecular flexibility index (Phi) is 9.04. The molecule has 13 heteroatoms. The summed E-state index contributed by atoms with van der Waals surface area (Å²) in [5.74, 6) is 0.211. The van der Waals surface area contributed by atoms with Crippen LogP contribution >= 0.6 is 0 Å². The van der Waals surface area contributed by atoms with Gasteiger partial charge < -0.3 is 40.4 Å². The van der Waals surface area contributed by atoms with E-state index in [0.29, 0.717) is 35.8 Å². The number of nitrogens with one attached hydrogen (secondary N) is 1. The van der Waals surface area contributed by atoms with Gasteiger partial charge in [-0.05, 0) is 51.5 Å². The third-order valence-corrected chi connectivity index (χ3v) is 8.13. The molecule has 0 radical (unpaired) electrons. The number of cyclic esters (lactones) is 1. The Morgan fingerprint density at radius 3 is 2.70 bits per heavy atom. The van der Waals surface area contributed by atoms with Crippen molar-refractivity contribution in [1.29, 1.82) is 0 Å². The minimum absolute atomic E-state index is 0.0565. The number of carboxylic acids is 1. The lowest BCUT2D eigenvalue weighted by Crippen LogP contribution is -2.10. The number of carbonyl (C=O) groups excluding carboxylic acids is 1. The van der Waals surface area contributed by atoms with Crippen LogP contribution in [0.5, 0.6) is 11.5 Å². The average Bonchev–Trinajstić information content (AvgIpc) is 3.34. The number of aromatic nitrogens is 4. The van der Waals surface area contributed by atoms with Crippen LogP contribution in [-0.2, 0) is 22.6 Å². The van der Waals surface area contributed by atoms with Crippen LogP contribution in [0.2, 0.25) is 0 Å². The fourth-order valence-corrected chi connectivity index (χ4v) is 5.50. The first-order valence-corrected chi connectivity index (χ1v) is 14.6. The molecule has 0 unspecified atom stereocenters. The van der Waals surface area contributed by atoms with Crippen molar-refractivity contribution in [3.63, 3.8) is 0 Å². The van der Waals surface area contributed by atoms with Crippen LogP contribution in [0.3, 0.4) is 0 Å². The number of methoxy groups -OCH3 is 1. The number of hydrogen-bond donors (Lipinski definition) is 5. The third kappa shape index (κ3) is 6.47. The second-order valence-electron chi connectivity index (χ2n) is 11.4. The molecular formula is C31H38N6O7. The number of phenols is 1. The predicted molar refractivity (Wildman–Crippen MR) is 163 cm³/mol. The first kappa shape index (κ1) is 30.8. The molecule has 1 saturated carbocycles. The Morgan fingerprint density at radius 1 is 1.27 bits per heavy atom. The van der Waals surface area contributed by atoms with Crippen molar-refractivity contribution in [2.24, 2.45) is 5.92 Å². The number of carboxylic acid groups (broad SMARTS) is 1. The number of aliphatic hydroxyl groups is 1. The standard InChI is InChI=1S/C17H20O6.C14H18N6O/c1-9(5-7-13(18)19)4-6-11-15(20)14-12(8-23-17(14)21)10(2)16(11)22-3;15-14-18-12(17-9-2-3-9)11-13(19-14)20(7-16-11)10-4-1-8(5-10)6-21/h4,20H,5-8H2,1-3H3,(H,18,19);1,4,7-10,21H,2-3,5-6H2,(H3,15,17,18,19)/b9-4+;/t;8-,10+/m.1/s1. The van der Waals surface area contributed by atoms with Gasteiger partial charge in [-0.25, -0.2) is 9.78 Å². The van der Waals surface area contributed by atoms with E-state index in [-0.39, 0.29) is 48.9 Å². The first-order chi connectivity index (χ1) is 21.1. The molecular weight excluding hydrogens is 568 g/mol. The molecule has 3 aliphatic rings. The Bertz CT molecular complexity index is 1640. The molecule has 0 amide bonds. The van der Waals surface area contributed by atoms with E-state index in [1.165, 1.54) is 7.11 Å². The predicted octanol–water partition coefficient (Wildman–Crippen LogP) is 3.83. The lowest BCUT2D eigenvalue weighted by atomic mass is 9.94. The summed E-state index contributed by atoms with van der Waals surface area (Å²) >= 11 is 0. The lowest BCUT2D eigenvalue weighted by molar-refractivity contribution is -0.136. The maximum atomic E-state index is 11.8. The molecule has 6 rings (SSSR count). The molecule has 0 spiro atoms. The quantitative estimate of drug-likeness (QED) is 0.166. The van der Waals surface area contributed by atoms with E-state index >= 15 is 0 Å². The minimum atomic E-state index is -0.853. The smallest absolute Gasteiger partial charge is 0.342 e. The molecule has 44 heavy (non-hydrogen) atoms. The molecule has 6 N–H and O–H groups in total. The average molecular weight is 607 g/mol. The van der Waals surface area contributed by atoms with E-state index in [2.05, 4.69) is 26.3 Å². The molecule has 13 nitrogen and oxygen atoms in total. The highest BCUT2D eigenvalue weighted by Gasteiger charge is 2.32. The largest absolute Gasteiger partial charge is 0.507 e. The number of benzene rings is 1. The highest BCUT2D eigenvalue weighted by Crippen LogP contribution is 2.42. The van der Waals surface area contributed by atoms with Crippen molar-refractivity contribution in [3.05, 3.63) is 52.4 Å². The Balaban J connectivity index is 0.000000175. The number of nitrogens with zero attached hydrogens (tertiary/aromatic N) is 4. The molecule has 3 heterocycles. The second-order valence-corrected chi connectivity index (χ2v) is 11.4. The third-order valence-electron chi connectivity index (χ3n) is 8.13. The summed E-state index contributed by atoms with van der Waals surface area (Å²) in [5.41, 5.74) is 10.4. The van der Waals surface area contributed by atoms with Gasteiger partial charge in [0.1, 0.15) is 23.7 Å². The van der Waals surface area contributed by atoms with Gasteiger partial charge in [-0.3, -0.25) is 4.79 Å². The highest BCUT2D eigenvalue weighted by molar-refractivity contribution is 5.98. The number of rotatable bonds is 10. The molecule has 2 aromatic heterocycles. The van der Waals surface area contributed by atoms with Crippen molar-refractivity contribution in [2.45, 2.75) is 71.1 Å². The van der Waals surface area contributed by atoms with E-state index < -0.39 is 11.9 Å². The van der Waals surface area contributed by atoms with E-state index in [4.69, 9.17) is 20.3 Å². The van der Waals surface area contributed by atoms with Crippen molar-refractivity contribution in [1.82, 2.24) is 19.5 Å². The number of aliphatic hydroxyl groups excluding tert-OH is 1. The maximum Gasteiger partial charge on any atom is 0.342 e. The summed E-state index contributed by atoms with van der Waals surface area (Å²) in [5, 5.41) is 31.8. The number of phenolic OH excluding ortho intramolecular Hbond substituents is 1. The topological polar surface area (TPSA) is 195 Å². The van der Waals surface area contributed by atoms with Crippen LogP contribution in [0.25, 0.3) is 11.2 Å². The number of anilines is 2. The number of allylic oxidation sites excluding steroid dienone is 3. The van der Waals surface area contributed by atoms with Gasteiger partial charge in [0.25, 0.3) is 0 Å². The summed E-state index contributed by atoms with van der Waals surface area (Å²) in [6.07, 6.45) is 11.8. The van der Waals surface area contributed by atoms with E-state index in [0.717, 1.165) is 47.4 Å². The number of aliphatic carboxylic acids is 1. The van der Waals surface area contributed by atoms with Gasteiger partial charge in [0.15, 0.2) is 17.0 Å². The number of fused-ring (bicyclic) bond motifs is 2. The molecule has 0 saturated heterocycles. The summed E-state index contributed by atoms with van der Waals surface area (Å²) in [4.78, 5) is 35.5. The number of nitrogen functional groups attached to an aromatic ring is 1. The molecule has 1 fully saturated rings. The zero-order valence-corrected chi connectivity index (χ0v) is 25.0. The fourth-order valence-electron chi connectivity index (χ4n) is 5.50. The number of hydrogen-bond acceptors (Lipinski definition) is 11. The van der Waals surface area contributed by atoms with Crippen molar-refractivity contribution in [3.8, 4) is 11.5 Å². The Hall–Kier alpha value is -4.65. The highest BCUT2D eigenvalue weighted by atomic mass is 16.5. The Labute approximate surface area is 254 Å². The maximum absolute atomic E-state index is 11.8. The van der Waals surface area contributed by atoms with Crippen LogP contribution in [0.15, 0.2) is 30.1 Å². The monoisotopic (exact) mass is 606 g/mol. The number of esters is 1. The molecule has 0 bridgehead atoms. The molecule has 2 aliphatic carbocycles. The molecule has 3 aromatic rings. The van der Waals surface area contributed by atoms with E-state index in [1.807, 2.05) is 30.6 Å². The van der Waals surface area contributed by atoms with Crippen molar-refractivity contribution >= 4 is 34.9 Å². The molecule has 1 aliphatic heterocycles. The zero-order valence-electron chi connectivity index (χ0n) is 25.0. The van der Waals surface area contributed by atoms with Gasteiger partial charge in [-0.2, -0.15) is 9.97 Å². The van der Waals surface area contributed by atoms with Gasteiger partial charge in [-0.1, -0.05) is 23.8 Å². The van der Waals surface area contributed by atoms with Crippen LogP contribution in [0, 0.1) is 12.8 Å². The van der Waals surface area contributed by atoms with Gasteiger partial charge in [0.05, 0.1) is 19.5 Å². The normalized spacial score (nSPS) is 19.0. The van der Waals surface area contributed by atoms with E-state index in [9.17, 15) is 19.8 Å². The van der Waals surface area contributed by atoms with Gasteiger partial charge in [-0.15, -0.1) is 0 Å². The summed E-state index contributed by atoms with van der Waals surface area (Å²) < 4.78 is 12.4. The molecule has 234 valence electrons. The lowest BCUT2D eigenvalue weighted by Gasteiger charge is -2.15. The fraction of sp³-hybridized carbons (Fsp3) is 0.452. The van der Waals surface area contributed by atoms with Gasteiger partial charge >= 0.3 is 11.9 Å². The number of carbonyl (C=O) groups is 2. The van der Waals surface area contributed by atoms with Crippen LogP contribution < -0.4 is 15.8 Å². The van der Waals surface area contributed by atoms with Crippen molar-refractivity contribution in [2.75, 3.05) is 24.8 Å². The zero-order chi connectivity index (χ0) is 31.5. The van der Waals surface area contributed by atoms with Crippen molar-refractivity contribution < 1.29 is 34.4 Å².